The van der Waals surface area contributed by atoms with Crippen LogP contribution in [-0.2, 0) is 27.3 Å². The predicted octanol–water partition coefficient (Wildman–Crippen LogP) is 5.25. The smallest absolute Gasteiger partial charge is 0.411 e. The molecule has 6 heteroatoms. The maximum atomic E-state index is 12.9. The first-order valence-corrected chi connectivity index (χ1v) is 10.5. The van der Waals surface area contributed by atoms with Crippen molar-refractivity contribution in [1.82, 2.24) is 4.90 Å². The molecule has 5 nitrogen and oxygen atoms in total. The van der Waals surface area contributed by atoms with Crippen LogP contribution in [0.3, 0.4) is 0 Å². The zero-order valence-electron chi connectivity index (χ0n) is 17.6. The highest BCUT2D eigenvalue weighted by Crippen LogP contribution is 2.29. The largest absolute Gasteiger partial charge is 0.459 e. The molecular weight excluding hydrogens is 402 g/mol. The highest BCUT2D eigenvalue weighted by atomic mass is 35.5. The van der Waals surface area contributed by atoms with E-state index in [1.165, 1.54) is 4.90 Å². The van der Waals surface area contributed by atoms with Crippen molar-refractivity contribution in [3.05, 3.63) is 70.7 Å². The van der Waals surface area contributed by atoms with E-state index in [1.807, 2.05) is 75.4 Å². The Morgan fingerprint density at radius 1 is 1.07 bits per heavy atom. The molecule has 0 radical (unpaired) electrons. The third-order valence-electron chi connectivity index (χ3n) is 4.93. The van der Waals surface area contributed by atoms with Crippen molar-refractivity contribution < 1.29 is 19.1 Å². The first kappa shape index (κ1) is 22.2. The highest BCUT2D eigenvalue weighted by Gasteiger charge is 2.42. The van der Waals surface area contributed by atoms with Crippen molar-refractivity contribution in [2.75, 3.05) is 6.54 Å². The van der Waals surface area contributed by atoms with Gasteiger partial charge in [-0.2, -0.15) is 0 Å². The number of hydrogen-bond donors (Lipinski definition) is 0. The van der Waals surface area contributed by atoms with E-state index in [2.05, 4.69) is 0 Å². The van der Waals surface area contributed by atoms with Gasteiger partial charge < -0.3 is 9.47 Å². The van der Waals surface area contributed by atoms with Crippen LogP contribution in [0.5, 0.6) is 0 Å². The zero-order valence-corrected chi connectivity index (χ0v) is 18.4. The molecule has 0 aromatic heterocycles. The van der Waals surface area contributed by atoms with Crippen LogP contribution in [0.15, 0.2) is 54.6 Å². The van der Waals surface area contributed by atoms with Crippen molar-refractivity contribution in [3.63, 3.8) is 0 Å². The van der Waals surface area contributed by atoms with E-state index in [9.17, 15) is 9.59 Å². The van der Waals surface area contributed by atoms with Gasteiger partial charge in [-0.3, -0.25) is 4.90 Å². The Balaban J connectivity index is 1.71. The fourth-order valence-electron chi connectivity index (χ4n) is 3.64. The number of carbonyl (C=O) groups is 2. The summed E-state index contributed by atoms with van der Waals surface area (Å²) in [6.45, 7) is 6.05. The Hall–Kier alpha value is -2.53. The average molecular weight is 430 g/mol. The van der Waals surface area contributed by atoms with E-state index in [1.54, 1.807) is 0 Å². The lowest BCUT2D eigenvalue weighted by atomic mass is 9.97. The fourth-order valence-corrected chi connectivity index (χ4v) is 3.85. The molecule has 1 saturated heterocycles. The number of esters is 1. The van der Waals surface area contributed by atoms with E-state index >= 15 is 0 Å². The second kappa shape index (κ2) is 9.52. The zero-order chi connectivity index (χ0) is 21.7. The summed E-state index contributed by atoms with van der Waals surface area (Å²) in [5.74, 6) is -0.288. The van der Waals surface area contributed by atoms with Crippen molar-refractivity contribution in [1.29, 1.82) is 0 Å². The standard InChI is InChI=1S/C24H28ClNO4/c1-24(2,3)30-23(28)26-15-19(12-18-10-7-11-20(25)13-18)14-21(26)22(27)29-16-17-8-5-4-6-9-17/h4-11,13,19,21H,12,14-16H2,1-3H3/t19-,21+/m0/s1. The summed E-state index contributed by atoms with van der Waals surface area (Å²) >= 11 is 6.10. The van der Waals surface area contributed by atoms with Crippen molar-refractivity contribution >= 4 is 23.7 Å². The van der Waals surface area contributed by atoms with Gasteiger partial charge in [0.05, 0.1) is 0 Å². The van der Waals surface area contributed by atoms with Crippen LogP contribution in [-0.4, -0.2) is 35.2 Å². The molecule has 2 aromatic carbocycles. The average Bonchev–Trinajstić information content (AvgIpc) is 3.10. The molecule has 2 atom stereocenters. The molecule has 0 bridgehead atoms. The maximum absolute atomic E-state index is 12.9. The van der Waals surface area contributed by atoms with E-state index in [-0.39, 0.29) is 12.5 Å². The summed E-state index contributed by atoms with van der Waals surface area (Å²) in [6.07, 6.45) is 0.763. The topological polar surface area (TPSA) is 55.8 Å². The molecule has 0 aliphatic carbocycles. The molecule has 2 aromatic rings. The van der Waals surface area contributed by atoms with Crippen LogP contribution < -0.4 is 0 Å². The number of hydrogen-bond acceptors (Lipinski definition) is 4. The minimum atomic E-state index is -0.659. The molecule has 0 N–H and O–H groups in total. The number of carbonyl (C=O) groups excluding carboxylic acids is 2. The number of likely N-dealkylation sites (tertiary alicyclic amines) is 1. The van der Waals surface area contributed by atoms with Crippen LogP contribution in [0.2, 0.25) is 5.02 Å². The molecule has 1 aliphatic heterocycles. The summed E-state index contributed by atoms with van der Waals surface area (Å²) in [4.78, 5) is 27.1. The van der Waals surface area contributed by atoms with Gasteiger partial charge in [-0.25, -0.2) is 9.59 Å². The molecule has 0 unspecified atom stereocenters. The summed E-state index contributed by atoms with van der Waals surface area (Å²) in [6, 6.07) is 16.5. The van der Waals surface area contributed by atoms with E-state index < -0.39 is 23.7 Å². The molecule has 3 rings (SSSR count). The normalized spacial score (nSPS) is 18.9. The minimum Gasteiger partial charge on any atom is -0.459 e. The Bertz CT molecular complexity index is 878. The predicted molar refractivity (Wildman–Crippen MR) is 116 cm³/mol. The van der Waals surface area contributed by atoms with E-state index in [4.69, 9.17) is 21.1 Å². The number of halogens is 1. The van der Waals surface area contributed by atoms with Gasteiger partial charge in [-0.1, -0.05) is 54.1 Å². The second-order valence-electron chi connectivity index (χ2n) is 8.68. The molecule has 1 amide bonds. The molecule has 1 fully saturated rings. The molecule has 30 heavy (non-hydrogen) atoms. The summed E-state index contributed by atoms with van der Waals surface area (Å²) in [7, 11) is 0. The first-order chi connectivity index (χ1) is 14.2. The van der Waals surface area contributed by atoms with Crippen molar-refractivity contribution in [3.8, 4) is 0 Å². The van der Waals surface area contributed by atoms with Gasteiger partial charge in [0.15, 0.2) is 0 Å². The van der Waals surface area contributed by atoms with Crippen LogP contribution >= 0.6 is 11.6 Å². The second-order valence-corrected chi connectivity index (χ2v) is 9.11. The van der Waals surface area contributed by atoms with Crippen LogP contribution in [0.4, 0.5) is 4.79 Å². The highest BCUT2D eigenvalue weighted by molar-refractivity contribution is 6.30. The fraction of sp³-hybridized carbons (Fsp3) is 0.417. The lowest BCUT2D eigenvalue weighted by Crippen LogP contribution is -2.44. The number of benzene rings is 2. The molecule has 0 spiro atoms. The third kappa shape index (κ3) is 6.23. The van der Waals surface area contributed by atoms with Crippen LogP contribution in [0.1, 0.15) is 38.3 Å². The Kier molecular flexibility index (Phi) is 7.03. The molecular formula is C24H28ClNO4. The molecule has 160 valence electrons. The van der Waals surface area contributed by atoms with Gasteiger partial charge >= 0.3 is 12.1 Å². The number of ether oxygens (including phenoxy) is 2. The Morgan fingerprint density at radius 2 is 1.77 bits per heavy atom. The lowest BCUT2D eigenvalue weighted by Gasteiger charge is -2.27. The molecule has 1 aliphatic rings. The van der Waals surface area contributed by atoms with Crippen LogP contribution in [0.25, 0.3) is 0 Å². The number of rotatable bonds is 5. The first-order valence-electron chi connectivity index (χ1n) is 10.2. The van der Waals surface area contributed by atoms with Gasteiger partial charge in [0.2, 0.25) is 0 Å². The number of nitrogens with zero attached hydrogens (tertiary/aromatic N) is 1. The summed E-state index contributed by atoms with van der Waals surface area (Å²) < 4.78 is 11.1. The molecule has 1 heterocycles. The summed E-state index contributed by atoms with van der Waals surface area (Å²) in [5.41, 5.74) is 1.35. The Labute approximate surface area is 182 Å². The van der Waals surface area contributed by atoms with E-state index in [0.717, 1.165) is 17.5 Å². The van der Waals surface area contributed by atoms with Crippen molar-refractivity contribution in [2.24, 2.45) is 5.92 Å². The van der Waals surface area contributed by atoms with Gasteiger partial charge in [0, 0.05) is 11.6 Å². The molecule has 0 saturated carbocycles. The lowest BCUT2D eigenvalue weighted by molar-refractivity contribution is -0.150. The van der Waals surface area contributed by atoms with Gasteiger partial charge in [-0.15, -0.1) is 0 Å². The Morgan fingerprint density at radius 3 is 2.43 bits per heavy atom. The van der Waals surface area contributed by atoms with Gasteiger partial charge in [0.1, 0.15) is 18.2 Å². The minimum absolute atomic E-state index is 0.116. The maximum Gasteiger partial charge on any atom is 0.411 e. The van der Waals surface area contributed by atoms with Gasteiger partial charge in [0.25, 0.3) is 0 Å². The quantitative estimate of drug-likeness (QED) is 0.609. The SMILES string of the molecule is CC(C)(C)OC(=O)N1C[C@@H](Cc2cccc(Cl)c2)C[C@@H]1C(=O)OCc1ccccc1. The monoisotopic (exact) mass is 429 g/mol. The number of amides is 1. The van der Waals surface area contributed by atoms with Crippen LogP contribution in [0, 0.1) is 5.92 Å². The van der Waals surface area contributed by atoms with E-state index in [0.29, 0.717) is 18.0 Å². The summed E-state index contributed by atoms with van der Waals surface area (Å²) in [5, 5.41) is 0.674. The van der Waals surface area contributed by atoms with Gasteiger partial charge in [-0.05, 0) is 62.8 Å². The third-order valence-corrected chi connectivity index (χ3v) is 5.16. The van der Waals surface area contributed by atoms with Crippen molar-refractivity contribution in [2.45, 2.75) is 51.9 Å².